The SMILES string of the molecule is C=C(C)[C@H]1CC[C@]2(C)C/C=C(\C)CC/C=C(\C)CC[C@@H]12. The summed E-state index contributed by atoms with van der Waals surface area (Å²) in [7, 11) is 0. The van der Waals surface area contributed by atoms with Crippen molar-refractivity contribution in [2.75, 3.05) is 0 Å². The average molecular weight is 272 g/mol. The Morgan fingerprint density at radius 2 is 1.85 bits per heavy atom. The Bertz CT molecular complexity index is 423. The van der Waals surface area contributed by atoms with Crippen molar-refractivity contribution in [2.24, 2.45) is 17.3 Å². The molecule has 0 aromatic heterocycles. The van der Waals surface area contributed by atoms with Gasteiger partial charge < -0.3 is 0 Å². The minimum absolute atomic E-state index is 0.496. The van der Waals surface area contributed by atoms with Crippen LogP contribution in [0, 0.1) is 17.3 Å². The molecule has 0 spiro atoms. The van der Waals surface area contributed by atoms with Gasteiger partial charge in [0.15, 0.2) is 0 Å². The standard InChI is InChI=1S/C20H32/c1-15(2)18-12-14-20(5)13-11-17(4)8-6-7-16(3)9-10-19(18)20/h7,11,18-19H,1,6,8-10,12-14H2,2-5H3/b16-7+,17-11+/t18-,19+,20+/m1/s1. The van der Waals surface area contributed by atoms with E-state index in [2.05, 4.69) is 46.4 Å². The molecule has 0 unspecified atom stereocenters. The summed E-state index contributed by atoms with van der Waals surface area (Å²) in [5.74, 6) is 1.58. The van der Waals surface area contributed by atoms with E-state index in [0.29, 0.717) is 5.41 Å². The Kier molecular flexibility index (Phi) is 4.94. The molecule has 112 valence electrons. The van der Waals surface area contributed by atoms with Crippen LogP contribution < -0.4 is 0 Å². The van der Waals surface area contributed by atoms with Crippen molar-refractivity contribution in [1.29, 1.82) is 0 Å². The van der Waals surface area contributed by atoms with Crippen molar-refractivity contribution >= 4 is 0 Å². The molecule has 0 heterocycles. The number of rotatable bonds is 1. The third-order valence-corrected chi connectivity index (χ3v) is 5.84. The predicted molar refractivity (Wildman–Crippen MR) is 89.7 cm³/mol. The Labute approximate surface area is 126 Å². The molecule has 3 atom stereocenters. The summed E-state index contributed by atoms with van der Waals surface area (Å²) < 4.78 is 0. The highest BCUT2D eigenvalue weighted by Crippen LogP contribution is 2.53. The smallest absolute Gasteiger partial charge is 0.0175 e. The Morgan fingerprint density at radius 3 is 2.55 bits per heavy atom. The predicted octanol–water partition coefficient (Wildman–Crippen LogP) is 6.45. The van der Waals surface area contributed by atoms with E-state index < -0.39 is 0 Å². The van der Waals surface area contributed by atoms with Crippen LogP contribution in [-0.2, 0) is 0 Å². The van der Waals surface area contributed by atoms with Crippen LogP contribution in [-0.4, -0.2) is 0 Å². The molecule has 0 bridgehead atoms. The van der Waals surface area contributed by atoms with Gasteiger partial charge in [0.25, 0.3) is 0 Å². The van der Waals surface area contributed by atoms with Crippen LogP contribution in [0.1, 0.15) is 72.6 Å². The van der Waals surface area contributed by atoms with Gasteiger partial charge in [-0.25, -0.2) is 0 Å². The largest absolute Gasteiger partial charge is 0.0999 e. The van der Waals surface area contributed by atoms with Crippen LogP contribution in [0.4, 0.5) is 0 Å². The molecule has 0 saturated heterocycles. The molecule has 0 aromatic rings. The quantitative estimate of drug-likeness (QED) is 0.481. The molecule has 2 aliphatic carbocycles. The van der Waals surface area contributed by atoms with Gasteiger partial charge >= 0.3 is 0 Å². The molecule has 0 aliphatic heterocycles. The van der Waals surface area contributed by atoms with Crippen LogP contribution in [0.2, 0.25) is 0 Å². The van der Waals surface area contributed by atoms with E-state index in [-0.39, 0.29) is 0 Å². The Hall–Kier alpha value is -0.780. The summed E-state index contributed by atoms with van der Waals surface area (Å²) in [6.07, 6.45) is 14.1. The average Bonchev–Trinajstić information content (AvgIpc) is 2.70. The Morgan fingerprint density at radius 1 is 1.15 bits per heavy atom. The summed E-state index contributed by atoms with van der Waals surface area (Å²) >= 11 is 0. The summed E-state index contributed by atoms with van der Waals surface area (Å²) in [5, 5.41) is 0. The second-order valence-corrected chi connectivity index (χ2v) is 7.63. The molecule has 0 N–H and O–H groups in total. The van der Waals surface area contributed by atoms with Crippen molar-refractivity contribution in [3.63, 3.8) is 0 Å². The normalized spacial score (nSPS) is 40.8. The first kappa shape index (κ1) is 15.6. The second-order valence-electron chi connectivity index (χ2n) is 7.63. The minimum Gasteiger partial charge on any atom is -0.0999 e. The van der Waals surface area contributed by atoms with Gasteiger partial charge in [0.05, 0.1) is 0 Å². The van der Waals surface area contributed by atoms with E-state index in [0.717, 1.165) is 11.8 Å². The first-order valence-corrected chi connectivity index (χ1v) is 8.39. The zero-order chi connectivity index (χ0) is 14.8. The van der Waals surface area contributed by atoms with E-state index in [1.54, 1.807) is 11.1 Å². The van der Waals surface area contributed by atoms with E-state index in [9.17, 15) is 0 Å². The summed E-state index contributed by atoms with van der Waals surface area (Å²) in [5.41, 5.74) is 5.08. The number of hydrogen-bond donors (Lipinski definition) is 0. The van der Waals surface area contributed by atoms with Gasteiger partial charge in [-0.3, -0.25) is 0 Å². The first-order valence-electron chi connectivity index (χ1n) is 8.39. The van der Waals surface area contributed by atoms with Crippen LogP contribution in [0.25, 0.3) is 0 Å². The Balaban J connectivity index is 2.26. The molecule has 2 aliphatic rings. The molecule has 20 heavy (non-hydrogen) atoms. The summed E-state index contributed by atoms with van der Waals surface area (Å²) in [6.45, 7) is 13.7. The highest BCUT2D eigenvalue weighted by atomic mass is 14.5. The monoisotopic (exact) mass is 272 g/mol. The third kappa shape index (κ3) is 3.45. The molecule has 1 fully saturated rings. The topological polar surface area (TPSA) is 0 Å². The maximum Gasteiger partial charge on any atom is -0.0175 e. The van der Waals surface area contributed by atoms with E-state index in [1.807, 2.05) is 0 Å². The van der Waals surface area contributed by atoms with Gasteiger partial charge in [0, 0.05) is 0 Å². The first-order chi connectivity index (χ1) is 9.42. The van der Waals surface area contributed by atoms with Crippen LogP contribution in [0.15, 0.2) is 35.5 Å². The number of hydrogen-bond acceptors (Lipinski definition) is 0. The van der Waals surface area contributed by atoms with E-state index in [4.69, 9.17) is 0 Å². The number of fused-ring (bicyclic) bond motifs is 1. The highest BCUT2D eigenvalue weighted by molar-refractivity contribution is 5.13. The zero-order valence-electron chi connectivity index (χ0n) is 14.0. The summed E-state index contributed by atoms with van der Waals surface area (Å²) in [6, 6.07) is 0. The van der Waals surface area contributed by atoms with Crippen molar-refractivity contribution in [2.45, 2.75) is 72.6 Å². The lowest BCUT2D eigenvalue weighted by molar-refractivity contribution is 0.195. The van der Waals surface area contributed by atoms with E-state index >= 15 is 0 Å². The van der Waals surface area contributed by atoms with Gasteiger partial charge in [-0.05, 0) is 83.0 Å². The van der Waals surface area contributed by atoms with Crippen LogP contribution in [0.3, 0.4) is 0 Å². The van der Waals surface area contributed by atoms with E-state index in [1.165, 1.54) is 50.5 Å². The lowest BCUT2D eigenvalue weighted by atomic mass is 9.70. The summed E-state index contributed by atoms with van der Waals surface area (Å²) in [4.78, 5) is 0. The van der Waals surface area contributed by atoms with Crippen molar-refractivity contribution in [3.8, 4) is 0 Å². The molecule has 0 radical (unpaired) electrons. The lowest BCUT2D eigenvalue weighted by Crippen LogP contribution is -2.25. The molecular weight excluding hydrogens is 240 g/mol. The molecule has 1 saturated carbocycles. The van der Waals surface area contributed by atoms with Gasteiger partial charge in [0.2, 0.25) is 0 Å². The van der Waals surface area contributed by atoms with Gasteiger partial charge in [0.1, 0.15) is 0 Å². The molecular formula is C20H32. The third-order valence-electron chi connectivity index (χ3n) is 5.84. The lowest BCUT2D eigenvalue weighted by Gasteiger charge is -2.34. The highest BCUT2D eigenvalue weighted by Gasteiger charge is 2.43. The van der Waals surface area contributed by atoms with Gasteiger partial charge in [-0.2, -0.15) is 0 Å². The fourth-order valence-corrected chi connectivity index (χ4v) is 4.29. The maximum absolute atomic E-state index is 4.28. The molecule has 0 aromatic carbocycles. The molecule has 0 heteroatoms. The molecule has 0 amide bonds. The van der Waals surface area contributed by atoms with Crippen molar-refractivity contribution < 1.29 is 0 Å². The van der Waals surface area contributed by atoms with Crippen LogP contribution in [0.5, 0.6) is 0 Å². The van der Waals surface area contributed by atoms with Crippen LogP contribution >= 0.6 is 0 Å². The fraction of sp³-hybridized carbons (Fsp3) is 0.700. The molecule has 2 rings (SSSR count). The van der Waals surface area contributed by atoms with Gasteiger partial charge in [-0.15, -0.1) is 0 Å². The van der Waals surface area contributed by atoms with Crippen molar-refractivity contribution in [3.05, 3.63) is 35.5 Å². The second kappa shape index (κ2) is 6.33. The van der Waals surface area contributed by atoms with Gasteiger partial charge in [-0.1, -0.05) is 42.4 Å². The minimum atomic E-state index is 0.496. The maximum atomic E-state index is 4.28. The number of allylic oxidation sites excluding steroid dienone is 5. The fourth-order valence-electron chi connectivity index (χ4n) is 4.29. The van der Waals surface area contributed by atoms with Crippen molar-refractivity contribution in [1.82, 2.24) is 0 Å². The molecule has 0 nitrogen and oxygen atoms in total. The zero-order valence-corrected chi connectivity index (χ0v) is 14.0.